The van der Waals surface area contributed by atoms with E-state index >= 15 is 0 Å². The zero-order valence-electron chi connectivity index (χ0n) is 14.9. The monoisotopic (exact) mass is 344 g/mol. The molecule has 134 valence electrons. The molecule has 1 saturated heterocycles. The van der Waals surface area contributed by atoms with Crippen molar-refractivity contribution in [2.45, 2.75) is 19.1 Å². The molecular weight excluding hydrogens is 320 g/mol. The van der Waals surface area contributed by atoms with Crippen molar-refractivity contribution in [3.05, 3.63) is 42.2 Å². The molecule has 0 spiro atoms. The lowest BCUT2D eigenvalue weighted by Gasteiger charge is -2.21. The number of likely N-dealkylation sites (tertiary alicyclic amines) is 1. The van der Waals surface area contributed by atoms with Crippen molar-refractivity contribution in [3.63, 3.8) is 0 Å². The molecule has 0 bridgehead atoms. The molecular formula is C19H24N2O4. The van der Waals surface area contributed by atoms with E-state index in [0.717, 1.165) is 54.6 Å². The van der Waals surface area contributed by atoms with Gasteiger partial charge in [0.15, 0.2) is 0 Å². The van der Waals surface area contributed by atoms with Crippen LogP contribution < -0.4 is 18.9 Å². The Labute approximate surface area is 148 Å². The lowest BCUT2D eigenvalue weighted by atomic mass is 10.1. The molecule has 2 aromatic rings. The molecule has 1 aliphatic rings. The van der Waals surface area contributed by atoms with E-state index in [1.807, 2.05) is 24.3 Å². The Morgan fingerprint density at radius 2 is 1.84 bits per heavy atom. The number of hydrogen-bond acceptors (Lipinski definition) is 6. The van der Waals surface area contributed by atoms with Crippen LogP contribution in [-0.2, 0) is 6.54 Å². The molecule has 1 aromatic carbocycles. The van der Waals surface area contributed by atoms with Crippen LogP contribution in [0.1, 0.15) is 12.0 Å². The summed E-state index contributed by atoms with van der Waals surface area (Å²) < 4.78 is 22.4. The van der Waals surface area contributed by atoms with Crippen molar-refractivity contribution in [3.8, 4) is 23.0 Å². The molecule has 25 heavy (non-hydrogen) atoms. The van der Waals surface area contributed by atoms with Gasteiger partial charge < -0.3 is 18.9 Å². The lowest BCUT2D eigenvalue weighted by molar-refractivity contribution is 0.196. The summed E-state index contributed by atoms with van der Waals surface area (Å²) in [4.78, 5) is 6.43. The second-order valence-corrected chi connectivity index (χ2v) is 5.96. The van der Waals surface area contributed by atoms with Gasteiger partial charge in [-0.2, -0.15) is 0 Å². The third kappa shape index (κ3) is 4.14. The predicted molar refractivity (Wildman–Crippen MR) is 94.6 cm³/mol. The van der Waals surface area contributed by atoms with E-state index < -0.39 is 0 Å². The molecule has 1 fully saturated rings. The maximum atomic E-state index is 6.01. The first-order chi connectivity index (χ1) is 12.2. The van der Waals surface area contributed by atoms with Crippen LogP contribution in [0.2, 0.25) is 0 Å². The molecule has 1 atom stereocenters. The third-order valence-electron chi connectivity index (χ3n) is 4.37. The molecule has 6 nitrogen and oxygen atoms in total. The number of hydrogen-bond donors (Lipinski definition) is 0. The maximum absolute atomic E-state index is 6.01. The van der Waals surface area contributed by atoms with Crippen LogP contribution in [0, 0.1) is 0 Å². The number of rotatable bonds is 7. The first-order valence-electron chi connectivity index (χ1n) is 8.31. The smallest absolute Gasteiger partial charge is 0.138 e. The first kappa shape index (κ1) is 17.4. The highest BCUT2D eigenvalue weighted by Gasteiger charge is 2.26. The van der Waals surface area contributed by atoms with Crippen molar-refractivity contribution < 1.29 is 18.9 Å². The fraction of sp³-hybridized carbons (Fsp3) is 0.421. The maximum Gasteiger partial charge on any atom is 0.138 e. The van der Waals surface area contributed by atoms with Gasteiger partial charge in [0.1, 0.15) is 29.1 Å². The number of methoxy groups -OCH3 is 3. The van der Waals surface area contributed by atoms with Crippen molar-refractivity contribution in [1.82, 2.24) is 9.88 Å². The summed E-state index contributed by atoms with van der Waals surface area (Å²) in [6.45, 7) is 2.56. The van der Waals surface area contributed by atoms with Crippen molar-refractivity contribution in [2.24, 2.45) is 0 Å². The summed E-state index contributed by atoms with van der Waals surface area (Å²) in [7, 11) is 4.96. The summed E-state index contributed by atoms with van der Waals surface area (Å²) in [5.74, 6) is 3.08. The van der Waals surface area contributed by atoms with Crippen LogP contribution in [0.25, 0.3) is 0 Å². The Bertz CT molecular complexity index is 668. The Morgan fingerprint density at radius 1 is 1.08 bits per heavy atom. The van der Waals surface area contributed by atoms with E-state index in [1.54, 1.807) is 33.7 Å². The van der Waals surface area contributed by atoms with E-state index in [0.29, 0.717) is 0 Å². The van der Waals surface area contributed by atoms with E-state index in [2.05, 4.69) is 9.88 Å². The second-order valence-electron chi connectivity index (χ2n) is 5.96. The SMILES string of the molecule is COc1cc(OC)c(CN2CCC(Oc3cccnc3)C2)c(OC)c1. The normalized spacial score (nSPS) is 17.3. The minimum Gasteiger partial charge on any atom is -0.496 e. The van der Waals surface area contributed by atoms with Crippen LogP contribution in [0.4, 0.5) is 0 Å². The predicted octanol–water partition coefficient (Wildman–Crippen LogP) is 2.76. The van der Waals surface area contributed by atoms with Crippen molar-refractivity contribution in [2.75, 3.05) is 34.4 Å². The van der Waals surface area contributed by atoms with Crippen LogP contribution in [0.15, 0.2) is 36.7 Å². The lowest BCUT2D eigenvalue weighted by Crippen LogP contribution is -2.25. The molecule has 1 unspecified atom stereocenters. The largest absolute Gasteiger partial charge is 0.496 e. The van der Waals surface area contributed by atoms with Crippen LogP contribution in [0.3, 0.4) is 0 Å². The molecule has 6 heteroatoms. The highest BCUT2D eigenvalue weighted by atomic mass is 16.5. The molecule has 1 aliphatic heterocycles. The van der Waals surface area contributed by atoms with Gasteiger partial charge in [0.05, 0.1) is 33.1 Å². The molecule has 0 aliphatic carbocycles. The molecule has 0 saturated carbocycles. The average Bonchev–Trinajstić information content (AvgIpc) is 3.09. The van der Waals surface area contributed by atoms with Crippen molar-refractivity contribution in [1.29, 1.82) is 0 Å². The highest BCUT2D eigenvalue weighted by molar-refractivity contribution is 5.50. The Kier molecular flexibility index (Phi) is 5.60. The van der Waals surface area contributed by atoms with Crippen molar-refractivity contribution >= 4 is 0 Å². The molecule has 0 amide bonds. The third-order valence-corrected chi connectivity index (χ3v) is 4.37. The van der Waals surface area contributed by atoms with E-state index in [9.17, 15) is 0 Å². The topological polar surface area (TPSA) is 53.1 Å². The standard InChI is InChI=1S/C19H24N2O4/c1-22-16-9-18(23-2)17(19(10-16)24-3)13-21-8-6-15(12-21)25-14-5-4-7-20-11-14/h4-5,7,9-11,15H,6,8,12-13H2,1-3H3. The number of ether oxygens (including phenoxy) is 4. The zero-order chi connectivity index (χ0) is 17.6. The number of benzene rings is 1. The minimum atomic E-state index is 0.166. The number of aromatic nitrogens is 1. The van der Waals surface area contributed by atoms with Crippen LogP contribution in [-0.4, -0.2) is 50.4 Å². The van der Waals surface area contributed by atoms with E-state index in [4.69, 9.17) is 18.9 Å². The van der Waals surface area contributed by atoms with E-state index in [-0.39, 0.29) is 6.10 Å². The summed E-state index contributed by atoms with van der Waals surface area (Å²) >= 11 is 0. The zero-order valence-corrected chi connectivity index (χ0v) is 14.9. The summed E-state index contributed by atoms with van der Waals surface area (Å²) in [6.07, 6.45) is 4.64. The molecule has 2 heterocycles. The van der Waals surface area contributed by atoms with Crippen LogP contribution >= 0.6 is 0 Å². The van der Waals surface area contributed by atoms with Gasteiger partial charge >= 0.3 is 0 Å². The van der Waals surface area contributed by atoms with Gasteiger partial charge in [-0.15, -0.1) is 0 Å². The second kappa shape index (κ2) is 8.07. The molecule has 3 rings (SSSR count). The van der Waals surface area contributed by atoms with Gasteiger partial charge in [0.2, 0.25) is 0 Å². The van der Waals surface area contributed by atoms with Gasteiger partial charge in [-0.25, -0.2) is 0 Å². The average molecular weight is 344 g/mol. The van der Waals surface area contributed by atoms with Crippen LogP contribution in [0.5, 0.6) is 23.0 Å². The van der Waals surface area contributed by atoms with Gasteiger partial charge in [-0.1, -0.05) is 0 Å². The number of nitrogens with zero attached hydrogens (tertiary/aromatic N) is 2. The minimum absolute atomic E-state index is 0.166. The van der Waals surface area contributed by atoms with E-state index in [1.165, 1.54) is 0 Å². The Hall–Kier alpha value is -2.47. The molecule has 0 radical (unpaired) electrons. The summed E-state index contributed by atoms with van der Waals surface area (Å²) in [5, 5.41) is 0. The van der Waals surface area contributed by atoms with Gasteiger partial charge in [-0.3, -0.25) is 9.88 Å². The highest BCUT2D eigenvalue weighted by Crippen LogP contribution is 2.35. The van der Waals surface area contributed by atoms with Gasteiger partial charge in [0, 0.05) is 38.0 Å². The molecule has 1 aromatic heterocycles. The fourth-order valence-electron chi connectivity index (χ4n) is 3.10. The number of pyridine rings is 1. The Morgan fingerprint density at radius 3 is 2.44 bits per heavy atom. The van der Waals surface area contributed by atoms with Gasteiger partial charge in [0.25, 0.3) is 0 Å². The summed E-state index contributed by atoms with van der Waals surface area (Å²) in [6, 6.07) is 7.59. The first-order valence-corrected chi connectivity index (χ1v) is 8.31. The quantitative estimate of drug-likeness (QED) is 0.770. The summed E-state index contributed by atoms with van der Waals surface area (Å²) in [5.41, 5.74) is 1.02. The van der Waals surface area contributed by atoms with Gasteiger partial charge in [-0.05, 0) is 18.6 Å². The fourth-order valence-corrected chi connectivity index (χ4v) is 3.10. The molecule has 0 N–H and O–H groups in total. The Balaban J connectivity index is 1.69.